The number of allylic oxidation sites excluding steroid dienone is 1. The molecule has 0 aliphatic heterocycles. The van der Waals surface area contributed by atoms with Gasteiger partial charge in [-0.25, -0.2) is 17.2 Å². The molecule has 1 N–H and O–H groups in total. The fraction of sp³-hybridized carbons (Fsp3) is 0.400. The summed E-state index contributed by atoms with van der Waals surface area (Å²) >= 11 is 0. The molecule has 1 amide bonds. The maximum absolute atomic E-state index is 13.6. The van der Waals surface area contributed by atoms with Crippen LogP contribution in [0, 0.1) is 5.92 Å². The molecule has 0 bridgehead atoms. The number of hydrogen-bond acceptors (Lipinski definition) is 5. The Morgan fingerprint density at radius 3 is 2.31 bits per heavy atom. The van der Waals surface area contributed by atoms with Gasteiger partial charge in [0.1, 0.15) is 18.6 Å². The molecule has 2 aromatic rings. The molecule has 4 rings (SSSR count). The van der Waals surface area contributed by atoms with E-state index in [2.05, 4.69) is 10.5 Å². The van der Waals surface area contributed by atoms with Crippen molar-refractivity contribution < 1.29 is 26.5 Å². The maximum atomic E-state index is 13.6. The summed E-state index contributed by atoms with van der Waals surface area (Å²) in [6.07, 6.45) is 1.05. The minimum Gasteiger partial charge on any atom is -0.363 e. The number of nitrogens with zero attached hydrogens (tertiary/aromatic N) is 1. The monoisotopic (exact) mass is 422 g/mol. The molecule has 9 heteroatoms. The van der Waals surface area contributed by atoms with Crippen LogP contribution in [0.5, 0.6) is 0 Å². The van der Waals surface area contributed by atoms with Crippen molar-refractivity contribution in [1.82, 2.24) is 5.16 Å². The van der Waals surface area contributed by atoms with E-state index in [0.29, 0.717) is 18.4 Å². The van der Waals surface area contributed by atoms with Crippen LogP contribution in [-0.2, 0) is 14.6 Å². The largest absolute Gasteiger partial charge is 0.363 e. The number of carbonyl (C=O) groups is 1. The van der Waals surface area contributed by atoms with Gasteiger partial charge in [0.15, 0.2) is 15.7 Å². The molecule has 0 spiro atoms. The Hall–Kier alpha value is -2.55. The molecule has 2 aliphatic carbocycles. The van der Waals surface area contributed by atoms with Gasteiger partial charge in [0.2, 0.25) is 0 Å². The summed E-state index contributed by atoms with van der Waals surface area (Å²) in [6.45, 7) is 0. The first-order valence-electron chi connectivity index (χ1n) is 9.40. The lowest BCUT2D eigenvalue weighted by Crippen LogP contribution is -2.15. The average Bonchev–Trinajstić information content (AvgIpc) is 3.36. The molecular weight excluding hydrogens is 402 g/mol. The SMILES string of the molecule is O=C(Nc1ccon1)C(=CC1C[C@@H](F)[C@@H](F)C1)c1ccc(S(=O)(=O)C2CC2)cc1. The molecule has 2 fully saturated rings. The van der Waals surface area contributed by atoms with Crippen LogP contribution < -0.4 is 5.32 Å². The van der Waals surface area contributed by atoms with E-state index >= 15 is 0 Å². The Balaban J connectivity index is 1.63. The number of rotatable bonds is 6. The first kappa shape index (κ1) is 19.8. The van der Waals surface area contributed by atoms with Crippen molar-refractivity contribution in [2.75, 3.05) is 5.32 Å². The zero-order valence-corrected chi connectivity index (χ0v) is 16.2. The first-order valence-corrected chi connectivity index (χ1v) is 11.0. The molecule has 0 radical (unpaired) electrons. The Morgan fingerprint density at radius 1 is 1.10 bits per heavy atom. The number of amides is 1. The van der Waals surface area contributed by atoms with Crippen molar-refractivity contribution in [3.8, 4) is 0 Å². The molecule has 29 heavy (non-hydrogen) atoms. The number of aromatic nitrogens is 1. The van der Waals surface area contributed by atoms with Crippen LogP contribution in [0.2, 0.25) is 0 Å². The molecule has 6 nitrogen and oxygen atoms in total. The number of nitrogens with one attached hydrogen (secondary N) is 1. The van der Waals surface area contributed by atoms with Crippen molar-refractivity contribution in [1.29, 1.82) is 0 Å². The summed E-state index contributed by atoms with van der Waals surface area (Å²) in [7, 11) is -3.35. The Morgan fingerprint density at radius 2 is 1.76 bits per heavy atom. The van der Waals surface area contributed by atoms with Crippen LogP contribution in [0.1, 0.15) is 31.2 Å². The van der Waals surface area contributed by atoms with E-state index < -0.39 is 34.0 Å². The van der Waals surface area contributed by atoms with E-state index in [-0.39, 0.29) is 34.4 Å². The van der Waals surface area contributed by atoms with Gasteiger partial charge in [-0.3, -0.25) is 4.79 Å². The zero-order valence-electron chi connectivity index (χ0n) is 15.4. The molecule has 0 saturated heterocycles. The van der Waals surface area contributed by atoms with Crippen LogP contribution in [0.15, 0.2) is 52.1 Å². The Bertz CT molecular complexity index is 1010. The van der Waals surface area contributed by atoms with Gasteiger partial charge in [-0.05, 0) is 49.3 Å². The summed E-state index contributed by atoms with van der Waals surface area (Å²) in [4.78, 5) is 13.0. The summed E-state index contributed by atoms with van der Waals surface area (Å²) in [6, 6.07) is 7.47. The molecule has 2 saturated carbocycles. The molecule has 1 unspecified atom stereocenters. The minimum absolute atomic E-state index is 0.00392. The highest BCUT2D eigenvalue weighted by atomic mass is 32.2. The highest BCUT2D eigenvalue weighted by Crippen LogP contribution is 2.36. The second kappa shape index (κ2) is 7.70. The summed E-state index contributed by atoms with van der Waals surface area (Å²) in [5, 5.41) is 5.87. The molecule has 1 aromatic heterocycles. The number of hydrogen-bond donors (Lipinski definition) is 1. The van der Waals surface area contributed by atoms with E-state index in [1.165, 1.54) is 36.6 Å². The fourth-order valence-electron chi connectivity index (χ4n) is 3.50. The Labute approximate surface area is 166 Å². The van der Waals surface area contributed by atoms with Gasteiger partial charge in [-0.2, -0.15) is 0 Å². The molecule has 3 atom stereocenters. The zero-order chi connectivity index (χ0) is 20.6. The maximum Gasteiger partial charge on any atom is 0.257 e. The standard InChI is InChI=1S/C20H20F2N2O4S/c21-17-10-12(11-18(17)22)9-16(20(25)23-19-7-8-28-24-19)13-1-3-14(4-2-13)29(26,27)15-5-6-15/h1-4,7-9,12,15,17-18H,5-6,10-11H2,(H,23,24,25)/t12?,17-,18+. The third-order valence-electron chi connectivity index (χ3n) is 5.23. The molecular formula is C20H20F2N2O4S. The van der Waals surface area contributed by atoms with Crippen LogP contribution >= 0.6 is 0 Å². The van der Waals surface area contributed by atoms with E-state index in [0.717, 1.165) is 0 Å². The summed E-state index contributed by atoms with van der Waals surface area (Å²) in [5.74, 6) is -0.755. The highest BCUT2D eigenvalue weighted by Gasteiger charge is 2.37. The van der Waals surface area contributed by atoms with E-state index in [1.54, 1.807) is 6.08 Å². The van der Waals surface area contributed by atoms with Gasteiger partial charge in [-0.15, -0.1) is 0 Å². The third-order valence-corrected chi connectivity index (χ3v) is 7.51. The van der Waals surface area contributed by atoms with Crippen molar-refractivity contribution in [3.63, 3.8) is 0 Å². The highest BCUT2D eigenvalue weighted by molar-refractivity contribution is 7.92. The lowest BCUT2D eigenvalue weighted by atomic mass is 9.98. The van der Waals surface area contributed by atoms with Gasteiger partial charge in [-0.1, -0.05) is 23.4 Å². The average molecular weight is 422 g/mol. The molecule has 2 aliphatic rings. The van der Waals surface area contributed by atoms with E-state index in [1.807, 2.05) is 0 Å². The lowest BCUT2D eigenvalue weighted by molar-refractivity contribution is -0.111. The van der Waals surface area contributed by atoms with Gasteiger partial charge in [0.25, 0.3) is 5.91 Å². The molecule has 1 aromatic carbocycles. The van der Waals surface area contributed by atoms with Crippen molar-refractivity contribution in [2.24, 2.45) is 5.92 Å². The fourth-order valence-corrected chi connectivity index (χ4v) is 5.16. The number of benzene rings is 1. The predicted molar refractivity (Wildman–Crippen MR) is 102 cm³/mol. The topological polar surface area (TPSA) is 89.3 Å². The minimum atomic E-state index is -3.35. The number of halogens is 2. The number of alkyl halides is 2. The van der Waals surface area contributed by atoms with Gasteiger partial charge < -0.3 is 9.84 Å². The summed E-state index contributed by atoms with van der Waals surface area (Å²) in [5.41, 5.74) is 0.660. The van der Waals surface area contributed by atoms with Crippen LogP contribution in [0.3, 0.4) is 0 Å². The number of carbonyl (C=O) groups excluding carboxylic acids is 1. The third kappa shape index (κ3) is 4.24. The first-order chi connectivity index (χ1) is 13.8. The van der Waals surface area contributed by atoms with Crippen molar-refractivity contribution in [2.45, 2.75) is 48.2 Å². The van der Waals surface area contributed by atoms with Gasteiger partial charge in [0.05, 0.1) is 10.1 Å². The second-order valence-corrected chi connectivity index (χ2v) is 9.68. The van der Waals surface area contributed by atoms with Gasteiger partial charge >= 0.3 is 0 Å². The van der Waals surface area contributed by atoms with Crippen molar-refractivity contribution >= 4 is 27.1 Å². The van der Waals surface area contributed by atoms with Crippen LogP contribution in [0.4, 0.5) is 14.6 Å². The van der Waals surface area contributed by atoms with E-state index in [9.17, 15) is 22.0 Å². The van der Waals surface area contributed by atoms with Crippen molar-refractivity contribution in [3.05, 3.63) is 48.2 Å². The quantitative estimate of drug-likeness (QED) is 0.717. The predicted octanol–water partition coefficient (Wildman–Crippen LogP) is 3.72. The second-order valence-electron chi connectivity index (χ2n) is 7.45. The van der Waals surface area contributed by atoms with Crippen LogP contribution in [0.25, 0.3) is 5.57 Å². The Kier molecular flexibility index (Phi) is 5.24. The van der Waals surface area contributed by atoms with E-state index in [4.69, 9.17) is 4.52 Å². The number of anilines is 1. The molecule has 154 valence electrons. The summed E-state index contributed by atoms with van der Waals surface area (Å²) < 4.78 is 56.6. The van der Waals surface area contributed by atoms with Crippen LogP contribution in [-0.4, -0.2) is 37.1 Å². The smallest absolute Gasteiger partial charge is 0.257 e. The lowest BCUT2D eigenvalue weighted by Gasteiger charge is -2.12. The van der Waals surface area contributed by atoms with Gasteiger partial charge in [0, 0.05) is 11.6 Å². The number of sulfone groups is 1. The molecule has 1 heterocycles. The normalized spacial score (nSPS) is 25.2.